The molecular formula is C22H25NO5. The van der Waals surface area contributed by atoms with Crippen molar-refractivity contribution in [2.45, 2.75) is 31.1 Å². The van der Waals surface area contributed by atoms with Gasteiger partial charge in [-0.3, -0.25) is 4.79 Å². The Bertz CT molecular complexity index is 857. The SMILES string of the molecule is COC(=O)c1cc(OC)c(OC)cc1NC(=O)C1(c2ccccc2)CCCC1. The molecule has 3 rings (SSSR count). The van der Waals surface area contributed by atoms with E-state index in [0.29, 0.717) is 17.2 Å². The van der Waals surface area contributed by atoms with Crippen LogP contribution in [0, 0.1) is 0 Å². The lowest BCUT2D eigenvalue weighted by Gasteiger charge is -2.29. The Kier molecular flexibility index (Phi) is 5.87. The highest BCUT2D eigenvalue weighted by molar-refractivity contribution is 6.05. The first-order valence-corrected chi connectivity index (χ1v) is 9.27. The Balaban J connectivity index is 2.02. The summed E-state index contributed by atoms with van der Waals surface area (Å²) in [4.78, 5) is 25.7. The molecule has 0 aliphatic heterocycles. The van der Waals surface area contributed by atoms with Gasteiger partial charge in [-0.05, 0) is 18.4 Å². The van der Waals surface area contributed by atoms with Crippen molar-refractivity contribution >= 4 is 17.6 Å². The van der Waals surface area contributed by atoms with Gasteiger partial charge < -0.3 is 19.5 Å². The monoisotopic (exact) mass is 383 g/mol. The number of anilines is 1. The first-order valence-electron chi connectivity index (χ1n) is 9.27. The van der Waals surface area contributed by atoms with E-state index in [1.807, 2.05) is 30.3 Å². The van der Waals surface area contributed by atoms with E-state index in [4.69, 9.17) is 14.2 Å². The average molecular weight is 383 g/mol. The van der Waals surface area contributed by atoms with E-state index >= 15 is 0 Å². The van der Waals surface area contributed by atoms with Crippen LogP contribution in [0.1, 0.15) is 41.6 Å². The highest BCUT2D eigenvalue weighted by Gasteiger charge is 2.43. The minimum Gasteiger partial charge on any atom is -0.493 e. The van der Waals surface area contributed by atoms with Crippen molar-refractivity contribution in [2.75, 3.05) is 26.6 Å². The van der Waals surface area contributed by atoms with Crippen LogP contribution in [0.3, 0.4) is 0 Å². The Morgan fingerprint density at radius 1 is 0.929 bits per heavy atom. The fourth-order valence-electron chi connectivity index (χ4n) is 3.89. The number of methoxy groups -OCH3 is 3. The van der Waals surface area contributed by atoms with E-state index in [0.717, 1.165) is 31.2 Å². The Hall–Kier alpha value is -3.02. The molecule has 0 bridgehead atoms. The molecule has 1 amide bonds. The van der Waals surface area contributed by atoms with Crippen LogP contribution in [0.4, 0.5) is 5.69 Å². The molecule has 0 spiro atoms. The maximum atomic E-state index is 13.4. The van der Waals surface area contributed by atoms with Gasteiger partial charge in [-0.1, -0.05) is 43.2 Å². The molecule has 1 aliphatic rings. The molecule has 148 valence electrons. The summed E-state index contributed by atoms with van der Waals surface area (Å²) in [6, 6.07) is 12.9. The minimum atomic E-state index is -0.609. The zero-order valence-corrected chi connectivity index (χ0v) is 16.4. The molecule has 1 fully saturated rings. The van der Waals surface area contributed by atoms with Gasteiger partial charge in [0.05, 0.1) is 38.0 Å². The summed E-state index contributed by atoms with van der Waals surface area (Å²) in [5.41, 5.74) is 0.943. The fourth-order valence-corrected chi connectivity index (χ4v) is 3.89. The molecule has 0 aromatic heterocycles. The van der Waals surface area contributed by atoms with Crippen LogP contribution < -0.4 is 14.8 Å². The van der Waals surface area contributed by atoms with E-state index in [1.54, 1.807) is 6.07 Å². The molecule has 2 aromatic rings. The third kappa shape index (κ3) is 3.54. The number of rotatable bonds is 6. The molecule has 6 heteroatoms. The molecule has 0 atom stereocenters. The van der Waals surface area contributed by atoms with Crippen LogP contribution in [-0.2, 0) is 14.9 Å². The average Bonchev–Trinajstić information content (AvgIpc) is 3.24. The van der Waals surface area contributed by atoms with Crippen molar-refractivity contribution in [2.24, 2.45) is 0 Å². The second-order valence-electron chi connectivity index (χ2n) is 6.85. The Morgan fingerprint density at radius 3 is 2.11 bits per heavy atom. The van der Waals surface area contributed by atoms with Crippen LogP contribution in [0.15, 0.2) is 42.5 Å². The predicted molar refractivity (Wildman–Crippen MR) is 106 cm³/mol. The lowest BCUT2D eigenvalue weighted by atomic mass is 9.78. The number of benzene rings is 2. The van der Waals surface area contributed by atoms with Crippen molar-refractivity contribution in [1.29, 1.82) is 0 Å². The van der Waals surface area contributed by atoms with Crippen LogP contribution >= 0.6 is 0 Å². The first-order chi connectivity index (χ1) is 13.6. The third-order valence-corrected chi connectivity index (χ3v) is 5.40. The van der Waals surface area contributed by atoms with Gasteiger partial charge in [-0.15, -0.1) is 0 Å². The van der Waals surface area contributed by atoms with Gasteiger partial charge in [0.25, 0.3) is 0 Å². The summed E-state index contributed by atoms with van der Waals surface area (Å²) in [6.45, 7) is 0. The molecule has 0 unspecified atom stereocenters. The summed E-state index contributed by atoms with van der Waals surface area (Å²) in [7, 11) is 4.29. The van der Waals surface area contributed by atoms with Gasteiger partial charge in [-0.2, -0.15) is 0 Å². The van der Waals surface area contributed by atoms with Gasteiger partial charge in [0.15, 0.2) is 11.5 Å². The lowest BCUT2D eigenvalue weighted by molar-refractivity contribution is -0.121. The van der Waals surface area contributed by atoms with Crippen LogP contribution in [0.25, 0.3) is 0 Å². The lowest BCUT2D eigenvalue weighted by Crippen LogP contribution is -2.38. The zero-order chi connectivity index (χ0) is 20.1. The van der Waals surface area contributed by atoms with Gasteiger partial charge in [0.1, 0.15) is 0 Å². The molecule has 6 nitrogen and oxygen atoms in total. The van der Waals surface area contributed by atoms with Gasteiger partial charge in [0, 0.05) is 12.1 Å². The quantitative estimate of drug-likeness (QED) is 0.765. The maximum Gasteiger partial charge on any atom is 0.340 e. The number of carbonyl (C=O) groups is 2. The second kappa shape index (κ2) is 8.33. The molecule has 1 N–H and O–H groups in total. The van der Waals surface area contributed by atoms with Crippen molar-refractivity contribution in [3.63, 3.8) is 0 Å². The number of carbonyl (C=O) groups excluding carboxylic acids is 2. The topological polar surface area (TPSA) is 73.9 Å². The van der Waals surface area contributed by atoms with Gasteiger partial charge >= 0.3 is 5.97 Å². The molecule has 0 saturated heterocycles. The number of hydrogen-bond donors (Lipinski definition) is 1. The second-order valence-corrected chi connectivity index (χ2v) is 6.85. The van der Waals surface area contributed by atoms with Crippen molar-refractivity contribution < 1.29 is 23.8 Å². The molecule has 1 saturated carbocycles. The molecule has 1 aliphatic carbocycles. The number of hydrogen-bond acceptors (Lipinski definition) is 5. The standard InChI is InChI=1S/C22H25NO5/c1-26-18-13-16(20(24)28-3)17(14-19(18)27-2)23-21(25)22(11-7-8-12-22)15-9-5-4-6-10-15/h4-6,9-10,13-14H,7-8,11-12H2,1-3H3,(H,23,25). The van der Waals surface area contributed by atoms with E-state index in [-0.39, 0.29) is 11.5 Å². The zero-order valence-electron chi connectivity index (χ0n) is 16.4. The molecule has 28 heavy (non-hydrogen) atoms. The summed E-state index contributed by atoms with van der Waals surface area (Å²) < 4.78 is 15.5. The highest BCUT2D eigenvalue weighted by Crippen LogP contribution is 2.43. The third-order valence-electron chi connectivity index (χ3n) is 5.40. The van der Waals surface area contributed by atoms with E-state index in [1.165, 1.54) is 27.4 Å². The minimum absolute atomic E-state index is 0.131. The normalized spacial score (nSPS) is 15.0. The van der Waals surface area contributed by atoms with Crippen molar-refractivity contribution in [3.05, 3.63) is 53.6 Å². The van der Waals surface area contributed by atoms with Crippen LogP contribution in [0.2, 0.25) is 0 Å². The van der Waals surface area contributed by atoms with E-state index in [2.05, 4.69) is 5.32 Å². The van der Waals surface area contributed by atoms with E-state index < -0.39 is 11.4 Å². The summed E-state index contributed by atoms with van der Waals surface area (Å²) in [5.74, 6) is 0.121. The summed E-state index contributed by atoms with van der Waals surface area (Å²) in [5, 5.41) is 2.96. The van der Waals surface area contributed by atoms with Crippen molar-refractivity contribution in [1.82, 2.24) is 0 Å². The highest BCUT2D eigenvalue weighted by atomic mass is 16.5. The number of nitrogens with one attached hydrogen (secondary N) is 1. The van der Waals surface area contributed by atoms with Gasteiger partial charge in [-0.25, -0.2) is 4.79 Å². The summed E-state index contributed by atoms with van der Waals surface area (Å²) in [6.07, 6.45) is 3.50. The van der Waals surface area contributed by atoms with E-state index in [9.17, 15) is 9.59 Å². The number of ether oxygens (including phenoxy) is 3. The largest absolute Gasteiger partial charge is 0.493 e. The Labute approximate surface area is 164 Å². The molecular weight excluding hydrogens is 358 g/mol. The molecule has 2 aromatic carbocycles. The van der Waals surface area contributed by atoms with Crippen LogP contribution in [0.5, 0.6) is 11.5 Å². The predicted octanol–water partition coefficient (Wildman–Crippen LogP) is 3.94. The maximum absolute atomic E-state index is 13.4. The first kappa shape index (κ1) is 19.7. The Morgan fingerprint density at radius 2 is 1.54 bits per heavy atom. The number of esters is 1. The number of amides is 1. The molecule has 0 radical (unpaired) electrons. The molecule has 0 heterocycles. The fraction of sp³-hybridized carbons (Fsp3) is 0.364. The van der Waals surface area contributed by atoms with Crippen LogP contribution in [-0.4, -0.2) is 33.2 Å². The van der Waals surface area contributed by atoms with Crippen molar-refractivity contribution in [3.8, 4) is 11.5 Å². The van der Waals surface area contributed by atoms with Gasteiger partial charge in [0.2, 0.25) is 5.91 Å². The smallest absolute Gasteiger partial charge is 0.340 e. The summed E-state index contributed by atoms with van der Waals surface area (Å²) >= 11 is 0.